The molecule has 1 fully saturated rings. The first-order valence-corrected chi connectivity index (χ1v) is 6.77. The average Bonchev–Trinajstić information content (AvgIpc) is 2.27. The van der Waals surface area contributed by atoms with Gasteiger partial charge < -0.3 is 10.0 Å². The Morgan fingerprint density at radius 1 is 1.50 bits per heavy atom. The van der Waals surface area contributed by atoms with Gasteiger partial charge in [-0.25, -0.2) is 4.79 Å². The number of anilines is 1. The molecule has 0 amide bonds. The van der Waals surface area contributed by atoms with Gasteiger partial charge in [-0.1, -0.05) is 18.0 Å². The molecule has 0 saturated heterocycles. The number of carbonyl (C=O) groups is 1. The van der Waals surface area contributed by atoms with Crippen LogP contribution in [-0.2, 0) is 0 Å². The van der Waals surface area contributed by atoms with E-state index >= 15 is 0 Å². The maximum Gasteiger partial charge on any atom is 0.337 e. The van der Waals surface area contributed by atoms with Crippen LogP contribution >= 0.6 is 11.6 Å². The first-order chi connectivity index (χ1) is 8.61. The lowest BCUT2D eigenvalue weighted by Gasteiger charge is -2.33. The minimum atomic E-state index is -0.895. The molecule has 1 aliphatic carbocycles. The highest BCUT2D eigenvalue weighted by atomic mass is 35.5. The van der Waals surface area contributed by atoms with Crippen molar-refractivity contribution in [2.45, 2.75) is 26.2 Å². The largest absolute Gasteiger partial charge is 0.478 e. The highest BCUT2D eigenvalue weighted by molar-refractivity contribution is 6.31. The fourth-order valence-electron chi connectivity index (χ4n) is 2.33. The summed E-state index contributed by atoms with van der Waals surface area (Å²) in [6.07, 6.45) is 3.79. The van der Waals surface area contributed by atoms with Gasteiger partial charge in [0.05, 0.1) is 11.3 Å². The number of carboxylic acid groups (broad SMARTS) is 1. The predicted molar refractivity (Wildman–Crippen MR) is 73.6 cm³/mol. The van der Waals surface area contributed by atoms with E-state index in [4.69, 9.17) is 11.6 Å². The van der Waals surface area contributed by atoms with Crippen LogP contribution in [0, 0.1) is 5.92 Å². The van der Waals surface area contributed by atoms with Gasteiger partial charge in [0.15, 0.2) is 0 Å². The molecule has 0 radical (unpaired) electrons. The van der Waals surface area contributed by atoms with Gasteiger partial charge in [0.25, 0.3) is 0 Å². The van der Waals surface area contributed by atoms with E-state index in [1.54, 1.807) is 18.2 Å². The van der Waals surface area contributed by atoms with Crippen molar-refractivity contribution in [2.75, 3.05) is 18.0 Å². The van der Waals surface area contributed by atoms with Crippen molar-refractivity contribution in [3.8, 4) is 0 Å². The molecule has 18 heavy (non-hydrogen) atoms. The molecule has 1 aromatic rings. The fourth-order valence-corrected chi connectivity index (χ4v) is 2.50. The number of benzene rings is 1. The number of hydrogen-bond acceptors (Lipinski definition) is 2. The van der Waals surface area contributed by atoms with Gasteiger partial charge in [0.1, 0.15) is 0 Å². The summed E-state index contributed by atoms with van der Waals surface area (Å²) in [5.74, 6) is -0.195. The molecular formula is C14H18ClNO2. The third-order valence-electron chi connectivity index (χ3n) is 3.62. The van der Waals surface area contributed by atoms with Crippen LogP contribution in [0.1, 0.15) is 36.5 Å². The maximum absolute atomic E-state index is 11.3. The molecule has 0 aromatic heterocycles. The van der Waals surface area contributed by atoms with Gasteiger partial charge >= 0.3 is 5.97 Å². The smallest absolute Gasteiger partial charge is 0.337 e. The molecule has 2 rings (SSSR count). The second-order valence-electron chi connectivity index (χ2n) is 4.80. The topological polar surface area (TPSA) is 40.5 Å². The predicted octanol–water partition coefficient (Wildman–Crippen LogP) is 3.66. The first-order valence-electron chi connectivity index (χ1n) is 6.39. The minimum absolute atomic E-state index is 0.334. The van der Waals surface area contributed by atoms with Crippen molar-refractivity contribution < 1.29 is 9.90 Å². The van der Waals surface area contributed by atoms with Gasteiger partial charge in [-0.05, 0) is 43.9 Å². The van der Waals surface area contributed by atoms with E-state index in [0.717, 1.165) is 18.8 Å². The molecule has 1 N–H and O–H groups in total. The number of nitrogens with zero attached hydrogens (tertiary/aromatic N) is 1. The Hall–Kier alpha value is -1.22. The van der Waals surface area contributed by atoms with Gasteiger partial charge in [-0.15, -0.1) is 0 Å². The molecular weight excluding hydrogens is 250 g/mol. The van der Waals surface area contributed by atoms with Crippen molar-refractivity contribution in [3.63, 3.8) is 0 Å². The molecule has 0 aliphatic heterocycles. The lowest BCUT2D eigenvalue weighted by atomic mass is 9.85. The molecule has 1 saturated carbocycles. The molecule has 3 nitrogen and oxygen atoms in total. The summed E-state index contributed by atoms with van der Waals surface area (Å²) in [6.45, 7) is 3.78. The highest BCUT2D eigenvalue weighted by Crippen LogP contribution is 2.31. The normalized spacial score (nSPS) is 15.2. The zero-order chi connectivity index (χ0) is 13.1. The van der Waals surface area contributed by atoms with Crippen molar-refractivity contribution in [1.82, 2.24) is 0 Å². The molecule has 0 atom stereocenters. The van der Waals surface area contributed by atoms with Crippen LogP contribution in [-0.4, -0.2) is 24.2 Å². The number of halogens is 1. The van der Waals surface area contributed by atoms with Crippen molar-refractivity contribution >= 4 is 23.3 Å². The van der Waals surface area contributed by atoms with E-state index < -0.39 is 5.97 Å². The Morgan fingerprint density at radius 3 is 2.72 bits per heavy atom. The van der Waals surface area contributed by atoms with Crippen molar-refractivity contribution in [1.29, 1.82) is 0 Å². The third-order valence-corrected chi connectivity index (χ3v) is 3.85. The summed E-state index contributed by atoms with van der Waals surface area (Å²) >= 11 is 5.99. The quantitative estimate of drug-likeness (QED) is 0.885. The summed E-state index contributed by atoms with van der Waals surface area (Å²) in [7, 11) is 0. The monoisotopic (exact) mass is 267 g/mol. The van der Waals surface area contributed by atoms with Crippen LogP contribution in [0.2, 0.25) is 5.02 Å². The zero-order valence-corrected chi connectivity index (χ0v) is 11.3. The van der Waals surface area contributed by atoms with E-state index in [0.29, 0.717) is 16.5 Å². The highest BCUT2D eigenvalue weighted by Gasteiger charge is 2.22. The van der Waals surface area contributed by atoms with Crippen molar-refractivity contribution in [3.05, 3.63) is 28.8 Å². The van der Waals surface area contributed by atoms with Crippen molar-refractivity contribution in [2.24, 2.45) is 5.92 Å². The Kier molecular flexibility index (Phi) is 4.12. The Bertz CT molecular complexity index is 443. The molecule has 1 aromatic carbocycles. The summed E-state index contributed by atoms with van der Waals surface area (Å²) in [5, 5.41) is 9.82. The molecule has 98 valence electrons. The van der Waals surface area contributed by atoms with Crippen LogP contribution in [0.5, 0.6) is 0 Å². The summed E-state index contributed by atoms with van der Waals surface area (Å²) in [6, 6.07) is 4.97. The third kappa shape index (κ3) is 2.78. The summed E-state index contributed by atoms with van der Waals surface area (Å²) < 4.78 is 0. The van der Waals surface area contributed by atoms with Crippen LogP contribution in [0.3, 0.4) is 0 Å². The molecule has 0 heterocycles. The SMILES string of the molecule is CCN(CC1CCC1)c1cc(Cl)ccc1C(=O)O. The Labute approximate surface area is 112 Å². The summed E-state index contributed by atoms with van der Waals surface area (Å²) in [5.41, 5.74) is 1.07. The lowest BCUT2D eigenvalue weighted by molar-refractivity contribution is 0.0697. The fraction of sp³-hybridized carbons (Fsp3) is 0.500. The lowest BCUT2D eigenvalue weighted by Crippen LogP contribution is -2.33. The first kappa shape index (κ1) is 13.2. The van der Waals surface area contributed by atoms with Gasteiger partial charge in [0.2, 0.25) is 0 Å². The standard InChI is InChI=1S/C14H18ClNO2/c1-2-16(9-10-4-3-5-10)13-8-11(15)6-7-12(13)14(17)18/h6-8,10H,2-5,9H2,1H3,(H,17,18). The van der Waals surface area contributed by atoms with Gasteiger partial charge in [0, 0.05) is 18.1 Å². The van der Waals surface area contributed by atoms with Gasteiger partial charge in [-0.2, -0.15) is 0 Å². The molecule has 0 spiro atoms. The second kappa shape index (κ2) is 5.61. The second-order valence-corrected chi connectivity index (χ2v) is 5.24. The van der Waals surface area contributed by atoms with Crippen LogP contribution in [0.4, 0.5) is 5.69 Å². The van der Waals surface area contributed by atoms with Crippen LogP contribution in [0.15, 0.2) is 18.2 Å². The maximum atomic E-state index is 11.3. The minimum Gasteiger partial charge on any atom is -0.478 e. The van der Waals surface area contributed by atoms with Gasteiger partial charge in [-0.3, -0.25) is 0 Å². The van der Waals surface area contributed by atoms with E-state index in [1.807, 2.05) is 6.92 Å². The van der Waals surface area contributed by atoms with E-state index in [1.165, 1.54) is 19.3 Å². The number of carboxylic acids is 1. The molecule has 1 aliphatic rings. The molecule has 0 unspecified atom stereocenters. The number of aromatic carboxylic acids is 1. The van der Waals surface area contributed by atoms with E-state index in [9.17, 15) is 9.90 Å². The average molecular weight is 268 g/mol. The number of hydrogen-bond donors (Lipinski definition) is 1. The zero-order valence-electron chi connectivity index (χ0n) is 10.5. The van der Waals surface area contributed by atoms with Crippen LogP contribution < -0.4 is 4.90 Å². The van der Waals surface area contributed by atoms with E-state index in [-0.39, 0.29) is 0 Å². The molecule has 4 heteroatoms. The van der Waals surface area contributed by atoms with E-state index in [2.05, 4.69) is 4.90 Å². The Balaban J connectivity index is 2.26. The molecule has 0 bridgehead atoms. The Morgan fingerprint density at radius 2 is 2.22 bits per heavy atom. The van der Waals surface area contributed by atoms with Crippen LogP contribution in [0.25, 0.3) is 0 Å². The summed E-state index contributed by atoms with van der Waals surface area (Å²) in [4.78, 5) is 13.4. The number of rotatable bonds is 5.